The average Bonchev–Trinajstić information content (AvgIpc) is 2.84. The van der Waals surface area contributed by atoms with Crippen molar-refractivity contribution in [2.45, 2.75) is 33.1 Å². The Bertz CT molecular complexity index is 1040. The molecule has 3 aromatic rings. The third-order valence-electron chi connectivity index (χ3n) is 5.46. The molecule has 3 aromatic carbocycles. The second kappa shape index (κ2) is 6.21. The fourth-order valence-corrected chi connectivity index (χ4v) is 4.23. The molecule has 130 valence electrons. The quantitative estimate of drug-likeness (QED) is 0.401. The molecule has 1 nitrogen and oxygen atoms in total. The summed E-state index contributed by atoms with van der Waals surface area (Å²) in [5.41, 5.74) is 9.91. The minimum Gasteiger partial charge on any atom is -0.253 e. The van der Waals surface area contributed by atoms with Crippen molar-refractivity contribution >= 4 is 27.3 Å². The molecule has 4 rings (SSSR count). The number of aliphatic imine (C=N–C) groups is 1. The van der Waals surface area contributed by atoms with Crippen LogP contribution in [0.25, 0.3) is 11.1 Å². The molecular weight excluding hydrogens is 382 g/mol. The second-order valence-electron chi connectivity index (χ2n) is 7.56. The van der Waals surface area contributed by atoms with Gasteiger partial charge in [-0.25, -0.2) is 0 Å². The summed E-state index contributed by atoms with van der Waals surface area (Å²) in [5, 5.41) is 0. The molecule has 0 fully saturated rings. The average molecular weight is 404 g/mol. The van der Waals surface area contributed by atoms with Crippen molar-refractivity contribution in [1.29, 1.82) is 0 Å². The second-order valence-corrected chi connectivity index (χ2v) is 8.47. The highest BCUT2D eigenvalue weighted by atomic mass is 79.9. The highest BCUT2D eigenvalue weighted by Crippen LogP contribution is 2.49. The van der Waals surface area contributed by atoms with Gasteiger partial charge in [0.25, 0.3) is 0 Å². The van der Waals surface area contributed by atoms with Crippen molar-refractivity contribution in [1.82, 2.24) is 0 Å². The number of benzene rings is 3. The van der Waals surface area contributed by atoms with E-state index in [2.05, 4.69) is 98.2 Å². The van der Waals surface area contributed by atoms with Gasteiger partial charge in [0.1, 0.15) is 0 Å². The Kier molecular flexibility index (Phi) is 4.11. The van der Waals surface area contributed by atoms with Gasteiger partial charge in [-0.05, 0) is 71.5 Å². The molecule has 0 aliphatic heterocycles. The first-order valence-electron chi connectivity index (χ1n) is 8.94. The van der Waals surface area contributed by atoms with Crippen molar-refractivity contribution in [2.24, 2.45) is 4.99 Å². The van der Waals surface area contributed by atoms with E-state index in [0.717, 1.165) is 15.9 Å². The largest absolute Gasteiger partial charge is 0.253 e. The van der Waals surface area contributed by atoms with Crippen LogP contribution >= 0.6 is 15.9 Å². The van der Waals surface area contributed by atoms with Crippen LogP contribution in [0.5, 0.6) is 0 Å². The molecule has 0 radical (unpaired) electrons. The maximum Gasteiger partial charge on any atom is 0.0662 e. The lowest BCUT2D eigenvalue weighted by molar-refractivity contribution is 0.660. The lowest BCUT2D eigenvalue weighted by Crippen LogP contribution is -2.15. The first-order valence-corrected chi connectivity index (χ1v) is 9.73. The van der Waals surface area contributed by atoms with Gasteiger partial charge in [0.15, 0.2) is 0 Å². The number of halogens is 1. The van der Waals surface area contributed by atoms with E-state index in [-0.39, 0.29) is 5.41 Å². The van der Waals surface area contributed by atoms with E-state index in [1.807, 2.05) is 6.07 Å². The first kappa shape index (κ1) is 17.2. The van der Waals surface area contributed by atoms with Crippen LogP contribution in [0.1, 0.15) is 43.0 Å². The Morgan fingerprint density at radius 3 is 2.27 bits per heavy atom. The summed E-state index contributed by atoms with van der Waals surface area (Å²) >= 11 is 3.62. The van der Waals surface area contributed by atoms with E-state index in [1.54, 1.807) is 0 Å². The van der Waals surface area contributed by atoms with Gasteiger partial charge in [0.2, 0.25) is 0 Å². The third-order valence-corrected chi connectivity index (χ3v) is 5.95. The molecule has 0 amide bonds. The van der Waals surface area contributed by atoms with Crippen LogP contribution in [0.3, 0.4) is 0 Å². The Labute approximate surface area is 163 Å². The Morgan fingerprint density at radius 2 is 1.54 bits per heavy atom. The third kappa shape index (κ3) is 2.73. The summed E-state index contributed by atoms with van der Waals surface area (Å²) in [6.45, 7) is 8.82. The highest BCUT2D eigenvalue weighted by Gasteiger charge is 2.35. The van der Waals surface area contributed by atoms with E-state index in [9.17, 15) is 0 Å². The van der Waals surface area contributed by atoms with Crippen molar-refractivity contribution in [2.75, 3.05) is 0 Å². The molecule has 0 N–H and O–H groups in total. The van der Waals surface area contributed by atoms with Gasteiger partial charge in [-0.1, -0.05) is 66.2 Å². The van der Waals surface area contributed by atoms with Crippen LogP contribution in [-0.4, -0.2) is 5.71 Å². The highest BCUT2D eigenvalue weighted by molar-refractivity contribution is 9.10. The van der Waals surface area contributed by atoms with Gasteiger partial charge in [-0.15, -0.1) is 0 Å². The molecule has 26 heavy (non-hydrogen) atoms. The lowest BCUT2D eigenvalue weighted by atomic mass is 9.82. The van der Waals surface area contributed by atoms with Crippen LogP contribution in [0.15, 0.2) is 70.1 Å². The van der Waals surface area contributed by atoms with E-state index in [0.29, 0.717) is 0 Å². The van der Waals surface area contributed by atoms with Gasteiger partial charge >= 0.3 is 0 Å². The number of aryl methyl sites for hydroxylation is 1. The van der Waals surface area contributed by atoms with E-state index in [1.165, 1.54) is 33.4 Å². The van der Waals surface area contributed by atoms with Crippen LogP contribution in [0, 0.1) is 6.92 Å². The number of para-hydroxylation sites is 1. The molecule has 0 saturated carbocycles. The molecule has 0 aromatic heterocycles. The zero-order valence-electron chi connectivity index (χ0n) is 15.6. The fraction of sp³-hybridized carbons (Fsp3) is 0.208. The molecule has 0 atom stereocenters. The van der Waals surface area contributed by atoms with Crippen molar-refractivity contribution in [3.05, 3.63) is 87.4 Å². The van der Waals surface area contributed by atoms with Crippen LogP contribution in [0.4, 0.5) is 5.69 Å². The fourth-order valence-electron chi connectivity index (χ4n) is 3.87. The number of hydrogen-bond donors (Lipinski definition) is 0. The monoisotopic (exact) mass is 403 g/mol. The first-order chi connectivity index (χ1) is 12.4. The summed E-state index contributed by atoms with van der Waals surface area (Å²) in [5.74, 6) is 0. The maximum atomic E-state index is 4.87. The predicted molar refractivity (Wildman–Crippen MR) is 115 cm³/mol. The number of nitrogens with zero attached hydrogens (tertiary/aromatic N) is 1. The Hall–Kier alpha value is -2.19. The summed E-state index contributed by atoms with van der Waals surface area (Å²) in [4.78, 5) is 4.87. The van der Waals surface area contributed by atoms with Crippen molar-refractivity contribution in [3.63, 3.8) is 0 Å². The summed E-state index contributed by atoms with van der Waals surface area (Å²) in [6.07, 6.45) is 0. The Morgan fingerprint density at radius 1 is 0.885 bits per heavy atom. The SMILES string of the molecule is CC(=Nc1ccccc1C)c1ccc2c(c1)C(C)(C)c1cc(Br)ccc1-2. The normalized spacial score (nSPS) is 14.9. The zero-order valence-corrected chi connectivity index (χ0v) is 17.2. The number of fused-ring (bicyclic) bond motifs is 3. The molecule has 0 saturated heterocycles. The van der Waals surface area contributed by atoms with Crippen molar-refractivity contribution < 1.29 is 0 Å². The standard InChI is InChI=1S/C24H22BrN/c1-15-7-5-6-8-23(15)26-16(2)17-9-11-19-20-12-10-18(25)14-22(20)24(3,4)21(19)13-17/h5-14H,1-4H3. The Balaban J connectivity index is 1.81. The molecule has 0 heterocycles. The van der Waals surface area contributed by atoms with Crippen LogP contribution in [-0.2, 0) is 5.41 Å². The van der Waals surface area contributed by atoms with E-state index >= 15 is 0 Å². The van der Waals surface area contributed by atoms with Gasteiger partial charge in [0, 0.05) is 15.6 Å². The molecule has 0 spiro atoms. The predicted octanol–water partition coefficient (Wildman–Crippen LogP) is 7.20. The minimum absolute atomic E-state index is 0.00655. The van der Waals surface area contributed by atoms with E-state index < -0.39 is 0 Å². The summed E-state index contributed by atoms with van der Waals surface area (Å²) in [7, 11) is 0. The molecule has 1 aliphatic carbocycles. The smallest absolute Gasteiger partial charge is 0.0662 e. The molecule has 2 heteroatoms. The van der Waals surface area contributed by atoms with Crippen LogP contribution in [0.2, 0.25) is 0 Å². The lowest BCUT2D eigenvalue weighted by Gasteiger charge is -2.22. The topological polar surface area (TPSA) is 12.4 Å². The van der Waals surface area contributed by atoms with Crippen molar-refractivity contribution in [3.8, 4) is 11.1 Å². The van der Waals surface area contributed by atoms with E-state index in [4.69, 9.17) is 4.99 Å². The molecule has 0 bridgehead atoms. The molecular formula is C24H22BrN. The maximum absolute atomic E-state index is 4.87. The van der Waals surface area contributed by atoms with Gasteiger partial charge in [0.05, 0.1) is 5.69 Å². The van der Waals surface area contributed by atoms with Crippen LogP contribution < -0.4 is 0 Å². The summed E-state index contributed by atoms with van der Waals surface area (Å²) < 4.78 is 1.13. The van der Waals surface area contributed by atoms with Gasteiger partial charge in [-0.2, -0.15) is 0 Å². The summed E-state index contributed by atoms with van der Waals surface area (Å²) in [6, 6.07) is 21.6. The molecule has 0 unspecified atom stereocenters. The number of hydrogen-bond acceptors (Lipinski definition) is 1. The van der Waals surface area contributed by atoms with Gasteiger partial charge in [-0.3, -0.25) is 4.99 Å². The number of rotatable bonds is 2. The van der Waals surface area contributed by atoms with Gasteiger partial charge < -0.3 is 0 Å². The molecule has 1 aliphatic rings. The minimum atomic E-state index is -0.00655. The zero-order chi connectivity index (χ0) is 18.5.